The van der Waals surface area contributed by atoms with Gasteiger partial charge in [-0.25, -0.2) is 0 Å². The lowest BCUT2D eigenvalue weighted by Gasteiger charge is -2.10. The normalized spacial score (nSPS) is 10.0. The molecule has 0 bridgehead atoms. The van der Waals surface area contributed by atoms with Crippen LogP contribution in [0.3, 0.4) is 0 Å². The molecule has 0 radical (unpaired) electrons. The van der Waals surface area contributed by atoms with Crippen LogP contribution in [-0.4, -0.2) is 20.2 Å². The highest BCUT2D eigenvalue weighted by Gasteiger charge is 2.12. The van der Waals surface area contributed by atoms with Crippen LogP contribution in [0, 0.1) is 0 Å². The van der Waals surface area contributed by atoms with Crippen LogP contribution in [0.2, 0.25) is 5.02 Å². The maximum absolute atomic E-state index is 11.2. The number of benzene rings is 1. The summed E-state index contributed by atoms with van der Waals surface area (Å²) in [7, 11) is 2.90. The third-order valence-electron chi connectivity index (χ3n) is 2.16. The molecular formula is C11H12BrClO3. The van der Waals surface area contributed by atoms with E-state index in [2.05, 4.69) is 20.7 Å². The molecule has 0 saturated carbocycles. The van der Waals surface area contributed by atoms with E-state index in [1.54, 1.807) is 13.2 Å². The summed E-state index contributed by atoms with van der Waals surface area (Å²) in [6.45, 7) is 0. The largest absolute Gasteiger partial charge is 0.496 e. The zero-order valence-electron chi connectivity index (χ0n) is 9.05. The van der Waals surface area contributed by atoms with Crippen molar-refractivity contribution in [2.75, 3.05) is 14.2 Å². The second-order valence-corrected chi connectivity index (χ2v) is 4.11. The minimum atomic E-state index is -0.304. The second kappa shape index (κ2) is 6.11. The van der Waals surface area contributed by atoms with Crippen molar-refractivity contribution >= 4 is 33.5 Å². The lowest BCUT2D eigenvalue weighted by molar-refractivity contribution is -0.139. The van der Waals surface area contributed by atoms with Crippen LogP contribution in [-0.2, 0) is 21.3 Å². The summed E-state index contributed by atoms with van der Waals surface area (Å²) in [5.41, 5.74) is 1.69. The van der Waals surface area contributed by atoms with Crippen molar-refractivity contribution in [1.29, 1.82) is 0 Å². The van der Waals surface area contributed by atoms with E-state index in [1.165, 1.54) is 7.11 Å². The average Bonchev–Trinajstić information content (AvgIpc) is 2.30. The standard InChI is InChI=1S/C11H12BrClO3/c1-15-10-5-9(13)8(6-12)3-7(10)4-11(14)16-2/h3,5H,4,6H2,1-2H3. The van der Waals surface area contributed by atoms with Crippen LogP contribution in [0.5, 0.6) is 5.75 Å². The highest BCUT2D eigenvalue weighted by atomic mass is 79.9. The molecule has 0 spiro atoms. The molecule has 0 amide bonds. The van der Waals surface area contributed by atoms with E-state index in [4.69, 9.17) is 16.3 Å². The van der Waals surface area contributed by atoms with Crippen molar-refractivity contribution in [2.45, 2.75) is 11.8 Å². The lowest BCUT2D eigenvalue weighted by atomic mass is 10.1. The predicted molar refractivity (Wildman–Crippen MR) is 66.4 cm³/mol. The molecule has 16 heavy (non-hydrogen) atoms. The maximum atomic E-state index is 11.2. The van der Waals surface area contributed by atoms with Crippen LogP contribution in [0.4, 0.5) is 0 Å². The summed E-state index contributed by atoms with van der Waals surface area (Å²) in [6, 6.07) is 3.54. The summed E-state index contributed by atoms with van der Waals surface area (Å²) < 4.78 is 9.78. The van der Waals surface area contributed by atoms with Gasteiger partial charge in [0.25, 0.3) is 0 Å². The Bertz CT molecular complexity index is 393. The van der Waals surface area contributed by atoms with E-state index in [0.29, 0.717) is 16.1 Å². The molecular weight excluding hydrogens is 295 g/mol. The Balaban J connectivity index is 3.09. The Morgan fingerprint density at radius 3 is 2.56 bits per heavy atom. The van der Waals surface area contributed by atoms with E-state index in [1.807, 2.05) is 6.07 Å². The lowest BCUT2D eigenvalue weighted by Crippen LogP contribution is -2.06. The van der Waals surface area contributed by atoms with Gasteiger partial charge in [0, 0.05) is 15.9 Å². The molecule has 1 rings (SSSR count). The number of rotatable bonds is 4. The summed E-state index contributed by atoms with van der Waals surface area (Å²) in [5, 5.41) is 1.24. The number of hydrogen-bond donors (Lipinski definition) is 0. The molecule has 0 heterocycles. The summed E-state index contributed by atoms with van der Waals surface area (Å²) in [6.07, 6.45) is 0.177. The Hall–Kier alpha value is -0.740. The first kappa shape index (κ1) is 13.3. The first-order valence-electron chi connectivity index (χ1n) is 4.60. The quantitative estimate of drug-likeness (QED) is 0.634. The molecule has 1 aromatic carbocycles. The third-order valence-corrected chi connectivity index (χ3v) is 3.11. The molecule has 0 aliphatic carbocycles. The van der Waals surface area contributed by atoms with E-state index in [0.717, 1.165) is 11.1 Å². The molecule has 0 N–H and O–H groups in total. The first-order chi connectivity index (χ1) is 7.62. The van der Waals surface area contributed by atoms with Gasteiger partial charge in [0.2, 0.25) is 0 Å². The van der Waals surface area contributed by atoms with Gasteiger partial charge in [-0.1, -0.05) is 27.5 Å². The highest BCUT2D eigenvalue weighted by Crippen LogP contribution is 2.29. The van der Waals surface area contributed by atoms with Gasteiger partial charge in [-0.05, 0) is 17.7 Å². The van der Waals surface area contributed by atoms with Crippen molar-refractivity contribution in [2.24, 2.45) is 0 Å². The number of ether oxygens (including phenoxy) is 2. The van der Waals surface area contributed by atoms with Crippen LogP contribution >= 0.6 is 27.5 Å². The van der Waals surface area contributed by atoms with E-state index in [-0.39, 0.29) is 12.4 Å². The van der Waals surface area contributed by atoms with Crippen LogP contribution in [0.25, 0.3) is 0 Å². The molecule has 0 saturated heterocycles. The van der Waals surface area contributed by atoms with Gasteiger partial charge < -0.3 is 9.47 Å². The van der Waals surface area contributed by atoms with E-state index in [9.17, 15) is 4.79 Å². The molecule has 88 valence electrons. The molecule has 0 unspecified atom stereocenters. The zero-order chi connectivity index (χ0) is 12.1. The number of methoxy groups -OCH3 is 2. The van der Waals surface area contributed by atoms with Gasteiger partial charge in [-0.15, -0.1) is 0 Å². The fourth-order valence-electron chi connectivity index (χ4n) is 1.31. The predicted octanol–water partition coefficient (Wildman–Crippen LogP) is 2.96. The summed E-state index contributed by atoms with van der Waals surface area (Å²) in [5.74, 6) is 0.293. The Labute approximate surface area is 108 Å². The van der Waals surface area contributed by atoms with Gasteiger partial charge in [0.1, 0.15) is 5.75 Å². The van der Waals surface area contributed by atoms with Crippen LogP contribution in [0.1, 0.15) is 11.1 Å². The number of alkyl halides is 1. The Kier molecular flexibility index (Phi) is 5.09. The molecule has 0 fully saturated rings. The fourth-order valence-corrected chi connectivity index (χ4v) is 2.15. The number of halogens is 2. The van der Waals surface area contributed by atoms with Crippen molar-refractivity contribution in [3.05, 3.63) is 28.3 Å². The molecule has 5 heteroatoms. The summed E-state index contributed by atoms with van der Waals surface area (Å²) in [4.78, 5) is 11.2. The van der Waals surface area contributed by atoms with Gasteiger partial charge >= 0.3 is 5.97 Å². The molecule has 0 aliphatic rings. The van der Waals surface area contributed by atoms with Crippen LogP contribution in [0.15, 0.2) is 12.1 Å². The minimum Gasteiger partial charge on any atom is -0.496 e. The maximum Gasteiger partial charge on any atom is 0.310 e. The molecule has 1 aromatic rings. The number of carbonyl (C=O) groups is 1. The second-order valence-electron chi connectivity index (χ2n) is 3.14. The number of esters is 1. The first-order valence-corrected chi connectivity index (χ1v) is 6.10. The monoisotopic (exact) mass is 306 g/mol. The van der Waals surface area contributed by atoms with Crippen molar-refractivity contribution < 1.29 is 14.3 Å². The Morgan fingerprint density at radius 1 is 1.38 bits per heavy atom. The van der Waals surface area contributed by atoms with Gasteiger partial charge in [-0.2, -0.15) is 0 Å². The Morgan fingerprint density at radius 2 is 2.06 bits per heavy atom. The molecule has 3 nitrogen and oxygen atoms in total. The SMILES string of the molecule is COC(=O)Cc1cc(CBr)c(Cl)cc1OC. The molecule has 0 atom stereocenters. The number of carbonyl (C=O) groups excluding carboxylic acids is 1. The van der Waals surface area contributed by atoms with Gasteiger partial charge in [0.05, 0.1) is 20.6 Å². The molecule has 0 aromatic heterocycles. The fraction of sp³-hybridized carbons (Fsp3) is 0.364. The number of hydrogen-bond acceptors (Lipinski definition) is 3. The highest BCUT2D eigenvalue weighted by molar-refractivity contribution is 9.08. The van der Waals surface area contributed by atoms with Crippen molar-refractivity contribution in [3.8, 4) is 5.75 Å². The van der Waals surface area contributed by atoms with Gasteiger partial charge in [-0.3, -0.25) is 4.79 Å². The topological polar surface area (TPSA) is 35.5 Å². The van der Waals surface area contributed by atoms with E-state index < -0.39 is 0 Å². The smallest absolute Gasteiger partial charge is 0.310 e. The van der Waals surface area contributed by atoms with Crippen molar-refractivity contribution in [3.63, 3.8) is 0 Å². The van der Waals surface area contributed by atoms with Gasteiger partial charge in [0.15, 0.2) is 0 Å². The van der Waals surface area contributed by atoms with Crippen LogP contribution < -0.4 is 4.74 Å². The third kappa shape index (κ3) is 3.12. The van der Waals surface area contributed by atoms with E-state index >= 15 is 0 Å². The van der Waals surface area contributed by atoms with Crippen molar-refractivity contribution in [1.82, 2.24) is 0 Å². The molecule has 0 aliphatic heterocycles. The minimum absolute atomic E-state index is 0.177. The summed E-state index contributed by atoms with van der Waals surface area (Å²) >= 11 is 9.36. The zero-order valence-corrected chi connectivity index (χ0v) is 11.4. The average molecular weight is 308 g/mol.